The van der Waals surface area contributed by atoms with Crippen molar-refractivity contribution in [3.8, 4) is 0 Å². The third-order valence-corrected chi connectivity index (χ3v) is 4.17. The number of pyridine rings is 1. The Kier molecular flexibility index (Phi) is 5.76. The Labute approximate surface area is 153 Å². The van der Waals surface area contributed by atoms with Crippen LogP contribution in [0, 0.1) is 12.3 Å². The molecule has 2 heterocycles. The Morgan fingerprint density at radius 3 is 2.65 bits per heavy atom. The lowest BCUT2D eigenvalue weighted by atomic mass is 10.0. The number of morpholine rings is 1. The molecule has 1 aliphatic heterocycles. The molecule has 1 aromatic carbocycles. The molecule has 1 saturated heterocycles. The van der Waals surface area contributed by atoms with Gasteiger partial charge in [-0.3, -0.25) is 0 Å². The maximum absolute atomic E-state index is 7.66. The van der Waals surface area contributed by atoms with Gasteiger partial charge in [-0.15, -0.1) is 0 Å². The molecule has 0 bridgehead atoms. The number of nitrogens with zero attached hydrogens (tertiary/aromatic N) is 3. The lowest BCUT2D eigenvalue weighted by Crippen LogP contribution is -2.36. The second-order valence-electron chi connectivity index (χ2n) is 6.12. The third-order valence-electron chi connectivity index (χ3n) is 4.17. The molecule has 0 aliphatic carbocycles. The zero-order chi connectivity index (χ0) is 18.4. The monoisotopic (exact) mass is 349 g/mol. The molecule has 1 aromatic heterocycles. The molecule has 134 valence electrons. The van der Waals surface area contributed by atoms with Gasteiger partial charge in [0.25, 0.3) is 0 Å². The maximum Gasteiger partial charge on any atom is 0.130 e. The number of nitrogens with one attached hydrogen (secondary N) is 1. The van der Waals surface area contributed by atoms with E-state index in [1.165, 1.54) is 11.8 Å². The highest BCUT2D eigenvalue weighted by molar-refractivity contribution is 6.16. The standard InChI is InChI=1S/C20H23N5O/c1-15-2-4-16(5-3-15)17(14-21)12-19(22)24-18-6-7-23-20(13-18)25-8-10-26-11-9-25/h2-7,12-14,21H,8-11H2,1H3,(H2,22,23,24)/b17-12+,21-14?. The van der Waals surface area contributed by atoms with Gasteiger partial charge in [-0.2, -0.15) is 0 Å². The van der Waals surface area contributed by atoms with Crippen LogP contribution in [0.25, 0.3) is 5.57 Å². The van der Waals surface area contributed by atoms with Crippen molar-refractivity contribution in [2.45, 2.75) is 6.92 Å². The van der Waals surface area contributed by atoms with Gasteiger partial charge in [0.15, 0.2) is 0 Å². The normalized spacial score (nSPS) is 15.8. The van der Waals surface area contributed by atoms with Gasteiger partial charge in [0.2, 0.25) is 0 Å². The van der Waals surface area contributed by atoms with E-state index in [0.29, 0.717) is 24.6 Å². The predicted octanol–water partition coefficient (Wildman–Crippen LogP) is 2.95. The molecule has 3 rings (SSSR count). The van der Waals surface area contributed by atoms with Crippen LogP contribution in [-0.4, -0.2) is 43.3 Å². The number of nitrogens with two attached hydrogens (primary N) is 1. The fraction of sp³-hybridized carbons (Fsp3) is 0.250. The van der Waals surface area contributed by atoms with Crippen LogP contribution in [-0.2, 0) is 4.74 Å². The Bertz CT molecular complexity index is 820. The Morgan fingerprint density at radius 2 is 1.96 bits per heavy atom. The third kappa shape index (κ3) is 4.55. The molecule has 0 amide bonds. The molecule has 6 heteroatoms. The molecule has 0 saturated carbocycles. The van der Waals surface area contributed by atoms with Gasteiger partial charge in [-0.25, -0.2) is 9.98 Å². The van der Waals surface area contributed by atoms with Crippen molar-refractivity contribution in [1.29, 1.82) is 5.41 Å². The second-order valence-corrected chi connectivity index (χ2v) is 6.12. The van der Waals surface area contributed by atoms with E-state index in [4.69, 9.17) is 15.9 Å². The van der Waals surface area contributed by atoms with E-state index in [2.05, 4.69) is 14.9 Å². The molecule has 0 atom stereocenters. The number of benzene rings is 1. The average molecular weight is 349 g/mol. The van der Waals surface area contributed by atoms with Crippen LogP contribution < -0.4 is 10.6 Å². The van der Waals surface area contributed by atoms with Crippen LogP contribution in [0.4, 0.5) is 11.5 Å². The van der Waals surface area contributed by atoms with Gasteiger partial charge in [-0.1, -0.05) is 29.8 Å². The van der Waals surface area contributed by atoms with Crippen molar-refractivity contribution in [3.63, 3.8) is 0 Å². The number of hydrogen-bond acceptors (Lipinski definition) is 5. The molecular weight excluding hydrogens is 326 g/mol. The summed E-state index contributed by atoms with van der Waals surface area (Å²) >= 11 is 0. The van der Waals surface area contributed by atoms with E-state index in [0.717, 1.165) is 30.2 Å². The fourth-order valence-electron chi connectivity index (χ4n) is 2.74. The van der Waals surface area contributed by atoms with Gasteiger partial charge in [0, 0.05) is 37.1 Å². The summed E-state index contributed by atoms with van der Waals surface area (Å²) in [7, 11) is 0. The average Bonchev–Trinajstić information content (AvgIpc) is 2.68. The summed E-state index contributed by atoms with van der Waals surface area (Å²) < 4.78 is 5.38. The van der Waals surface area contributed by atoms with Gasteiger partial charge in [-0.05, 0) is 24.6 Å². The fourth-order valence-corrected chi connectivity index (χ4v) is 2.74. The summed E-state index contributed by atoms with van der Waals surface area (Å²) in [6.07, 6.45) is 4.74. The quantitative estimate of drug-likeness (QED) is 0.642. The van der Waals surface area contributed by atoms with Crippen LogP contribution in [0.5, 0.6) is 0 Å². The zero-order valence-electron chi connectivity index (χ0n) is 14.9. The minimum absolute atomic E-state index is 0.350. The molecule has 6 nitrogen and oxygen atoms in total. The van der Waals surface area contributed by atoms with Gasteiger partial charge < -0.3 is 20.8 Å². The van der Waals surface area contributed by atoms with Crippen LogP contribution in [0.3, 0.4) is 0 Å². The predicted molar refractivity (Wildman–Crippen MR) is 106 cm³/mol. The van der Waals surface area contributed by atoms with Crippen LogP contribution in [0.2, 0.25) is 0 Å². The number of amidine groups is 1. The van der Waals surface area contributed by atoms with Crippen molar-refractivity contribution in [3.05, 3.63) is 59.8 Å². The number of aryl methyl sites for hydroxylation is 1. The molecule has 2 aromatic rings. The Hall–Kier alpha value is -2.99. The van der Waals surface area contributed by atoms with Crippen LogP contribution in [0.1, 0.15) is 11.1 Å². The summed E-state index contributed by atoms with van der Waals surface area (Å²) in [5.41, 5.74) is 9.66. The first-order chi connectivity index (χ1) is 12.7. The zero-order valence-corrected chi connectivity index (χ0v) is 14.9. The minimum atomic E-state index is 0.350. The number of ether oxygens (including phenoxy) is 1. The minimum Gasteiger partial charge on any atom is -0.384 e. The topological polar surface area (TPSA) is 87.6 Å². The number of rotatable bonds is 5. The Morgan fingerprint density at radius 1 is 1.23 bits per heavy atom. The van der Waals surface area contributed by atoms with Crippen molar-refractivity contribution in [2.75, 3.05) is 31.2 Å². The van der Waals surface area contributed by atoms with Crippen molar-refractivity contribution in [1.82, 2.24) is 4.98 Å². The second kappa shape index (κ2) is 8.40. The lowest BCUT2D eigenvalue weighted by molar-refractivity contribution is 0.122. The summed E-state index contributed by atoms with van der Waals surface area (Å²) in [6, 6.07) is 11.7. The molecule has 26 heavy (non-hydrogen) atoms. The molecule has 0 unspecified atom stereocenters. The summed E-state index contributed by atoms with van der Waals surface area (Å²) in [5.74, 6) is 1.22. The Balaban J connectivity index is 1.81. The number of hydrogen-bond donors (Lipinski definition) is 2. The van der Waals surface area contributed by atoms with Gasteiger partial charge in [0.05, 0.1) is 18.9 Å². The lowest BCUT2D eigenvalue weighted by Gasteiger charge is -2.27. The van der Waals surface area contributed by atoms with Gasteiger partial charge >= 0.3 is 0 Å². The van der Waals surface area contributed by atoms with E-state index in [-0.39, 0.29) is 0 Å². The van der Waals surface area contributed by atoms with Gasteiger partial charge in [0.1, 0.15) is 11.7 Å². The van der Waals surface area contributed by atoms with Crippen LogP contribution >= 0.6 is 0 Å². The number of aliphatic imine (C=N–C) groups is 1. The maximum atomic E-state index is 7.66. The molecule has 1 fully saturated rings. The van der Waals surface area contributed by atoms with E-state index in [9.17, 15) is 0 Å². The van der Waals surface area contributed by atoms with E-state index >= 15 is 0 Å². The highest BCUT2D eigenvalue weighted by Gasteiger charge is 2.12. The van der Waals surface area contributed by atoms with Crippen molar-refractivity contribution >= 4 is 29.1 Å². The number of anilines is 1. The van der Waals surface area contributed by atoms with E-state index < -0.39 is 0 Å². The summed E-state index contributed by atoms with van der Waals surface area (Å²) in [4.78, 5) is 11.0. The van der Waals surface area contributed by atoms with Crippen molar-refractivity contribution < 1.29 is 4.74 Å². The van der Waals surface area contributed by atoms with E-state index in [1.807, 2.05) is 43.3 Å². The first-order valence-electron chi connectivity index (χ1n) is 8.58. The molecular formula is C20H23N5O. The summed E-state index contributed by atoms with van der Waals surface area (Å²) in [5, 5.41) is 7.66. The molecule has 1 aliphatic rings. The molecule has 3 N–H and O–H groups in total. The SMILES string of the molecule is Cc1ccc(/C(C=N)=C/C(N)=Nc2ccnc(N3CCOCC3)c2)cc1. The highest BCUT2D eigenvalue weighted by Crippen LogP contribution is 2.20. The number of aromatic nitrogens is 1. The molecule has 0 spiro atoms. The van der Waals surface area contributed by atoms with Crippen LogP contribution in [0.15, 0.2) is 53.7 Å². The number of allylic oxidation sites excluding steroid dienone is 1. The largest absolute Gasteiger partial charge is 0.384 e. The first-order valence-corrected chi connectivity index (χ1v) is 8.58. The summed E-state index contributed by atoms with van der Waals surface area (Å²) in [6.45, 7) is 5.09. The first kappa shape index (κ1) is 17.8. The molecule has 0 radical (unpaired) electrons. The smallest absolute Gasteiger partial charge is 0.130 e. The van der Waals surface area contributed by atoms with Crippen molar-refractivity contribution in [2.24, 2.45) is 10.7 Å². The highest BCUT2D eigenvalue weighted by atomic mass is 16.5. The van der Waals surface area contributed by atoms with E-state index in [1.54, 1.807) is 12.3 Å².